The molecule has 0 bridgehead atoms. The Labute approximate surface area is 209 Å². The molecule has 184 valence electrons. The standard InChI is InChI=1S/C25H19N7O5/c33-21-9-8-20(24(35)27-21)31-11-15-10-16(6-7-17(15)25(31)36)32-12-18(28-30-32)23(34)26-19-13-37-29-22(19)14-4-2-1-3-5-14/h1-7,10,12-13,20H,8-9,11H2,(H,26,34)(H,27,33,35). The van der Waals surface area contributed by atoms with Gasteiger partial charge in [-0.3, -0.25) is 24.5 Å². The predicted octanol–water partition coefficient (Wildman–Crippen LogP) is 1.94. The monoisotopic (exact) mass is 497 g/mol. The fraction of sp³-hybridized carbons (Fsp3) is 0.160. The van der Waals surface area contributed by atoms with Crippen molar-refractivity contribution in [3.63, 3.8) is 0 Å². The smallest absolute Gasteiger partial charge is 0.278 e. The largest absolute Gasteiger partial charge is 0.362 e. The Bertz CT molecular complexity index is 1560. The Balaban J connectivity index is 1.19. The SMILES string of the molecule is O=C1CCC(N2Cc3cc(-n4cc(C(=O)Nc5conc5-c5ccccc5)nn4)ccc3C2=O)C(=O)N1. The van der Waals surface area contributed by atoms with Crippen LogP contribution in [0.15, 0.2) is 65.5 Å². The molecule has 1 atom stereocenters. The zero-order chi connectivity index (χ0) is 25.5. The fourth-order valence-corrected chi connectivity index (χ4v) is 4.51. The van der Waals surface area contributed by atoms with Crippen molar-refractivity contribution in [2.24, 2.45) is 0 Å². The third-order valence-electron chi connectivity index (χ3n) is 6.36. The quantitative estimate of drug-likeness (QED) is 0.397. The first-order valence-corrected chi connectivity index (χ1v) is 11.5. The van der Waals surface area contributed by atoms with Crippen LogP contribution in [-0.2, 0) is 16.1 Å². The molecule has 2 aliphatic rings. The van der Waals surface area contributed by atoms with Gasteiger partial charge in [-0.25, -0.2) is 4.68 Å². The number of carbonyl (C=O) groups is 4. The van der Waals surface area contributed by atoms with E-state index in [0.29, 0.717) is 28.2 Å². The van der Waals surface area contributed by atoms with E-state index in [0.717, 1.165) is 5.56 Å². The zero-order valence-electron chi connectivity index (χ0n) is 19.2. The van der Waals surface area contributed by atoms with Crippen LogP contribution in [-0.4, -0.2) is 54.7 Å². The first-order valence-electron chi connectivity index (χ1n) is 11.5. The number of nitrogens with zero attached hydrogens (tertiary/aromatic N) is 5. The summed E-state index contributed by atoms with van der Waals surface area (Å²) in [5, 5.41) is 17.0. The van der Waals surface area contributed by atoms with Crippen LogP contribution in [0.2, 0.25) is 0 Å². The Kier molecular flexibility index (Phi) is 5.33. The van der Waals surface area contributed by atoms with Crippen LogP contribution in [0, 0.1) is 0 Å². The number of nitrogens with one attached hydrogen (secondary N) is 2. The van der Waals surface area contributed by atoms with E-state index in [1.165, 1.54) is 22.0 Å². The number of hydrogen-bond donors (Lipinski definition) is 2. The summed E-state index contributed by atoms with van der Waals surface area (Å²) < 4.78 is 6.48. The Morgan fingerprint density at radius 2 is 1.95 bits per heavy atom. The van der Waals surface area contributed by atoms with E-state index in [4.69, 9.17) is 4.52 Å². The number of rotatable bonds is 5. The fourth-order valence-electron chi connectivity index (χ4n) is 4.51. The maximum atomic E-state index is 12.9. The number of piperidine rings is 1. The molecule has 1 unspecified atom stereocenters. The van der Waals surface area contributed by atoms with Crippen LogP contribution in [0.1, 0.15) is 39.3 Å². The van der Waals surface area contributed by atoms with Crippen molar-refractivity contribution in [2.45, 2.75) is 25.4 Å². The number of amides is 4. The summed E-state index contributed by atoms with van der Waals surface area (Å²) >= 11 is 0. The molecule has 6 rings (SSSR count). The second-order valence-corrected chi connectivity index (χ2v) is 8.69. The summed E-state index contributed by atoms with van der Waals surface area (Å²) in [5.41, 5.74) is 3.54. The third kappa shape index (κ3) is 4.03. The van der Waals surface area contributed by atoms with Crippen molar-refractivity contribution in [1.29, 1.82) is 0 Å². The first kappa shape index (κ1) is 22.3. The van der Waals surface area contributed by atoms with Crippen LogP contribution in [0.4, 0.5) is 5.69 Å². The van der Waals surface area contributed by atoms with Crippen LogP contribution in [0.25, 0.3) is 16.9 Å². The number of aromatic nitrogens is 4. The second-order valence-electron chi connectivity index (χ2n) is 8.69. The van der Waals surface area contributed by atoms with Crippen molar-refractivity contribution in [3.05, 3.63) is 77.8 Å². The molecule has 12 nitrogen and oxygen atoms in total. The molecule has 0 spiro atoms. The van der Waals surface area contributed by atoms with Gasteiger partial charge in [0.25, 0.3) is 11.8 Å². The minimum absolute atomic E-state index is 0.0713. The molecular weight excluding hydrogens is 478 g/mol. The Hall–Kier alpha value is -5.13. The van der Waals surface area contributed by atoms with E-state index in [-0.39, 0.29) is 36.9 Å². The van der Waals surface area contributed by atoms with Gasteiger partial charge in [-0.1, -0.05) is 40.7 Å². The summed E-state index contributed by atoms with van der Waals surface area (Å²) in [6, 6.07) is 13.7. The summed E-state index contributed by atoms with van der Waals surface area (Å²) in [5.74, 6) is -1.56. The highest BCUT2D eigenvalue weighted by molar-refractivity contribution is 6.06. The number of carbonyl (C=O) groups excluding carboxylic acids is 4. The highest BCUT2D eigenvalue weighted by atomic mass is 16.5. The maximum absolute atomic E-state index is 12.9. The number of fused-ring (bicyclic) bond motifs is 1. The molecule has 2 aromatic carbocycles. The second kappa shape index (κ2) is 8.82. The molecule has 0 radical (unpaired) electrons. The van der Waals surface area contributed by atoms with Gasteiger partial charge in [-0.05, 0) is 30.2 Å². The molecule has 1 saturated heterocycles. The van der Waals surface area contributed by atoms with E-state index in [1.54, 1.807) is 18.2 Å². The van der Waals surface area contributed by atoms with Crippen LogP contribution >= 0.6 is 0 Å². The minimum atomic E-state index is -0.694. The minimum Gasteiger partial charge on any atom is -0.362 e. The van der Waals surface area contributed by atoms with Gasteiger partial charge in [0.1, 0.15) is 23.7 Å². The van der Waals surface area contributed by atoms with Gasteiger partial charge < -0.3 is 14.7 Å². The molecule has 37 heavy (non-hydrogen) atoms. The van der Waals surface area contributed by atoms with Crippen LogP contribution < -0.4 is 10.6 Å². The van der Waals surface area contributed by atoms with Gasteiger partial charge in [-0.15, -0.1) is 5.10 Å². The highest BCUT2D eigenvalue weighted by Crippen LogP contribution is 2.29. The van der Waals surface area contributed by atoms with Gasteiger partial charge in [0, 0.05) is 24.1 Å². The molecule has 4 heterocycles. The Morgan fingerprint density at radius 1 is 1.11 bits per heavy atom. The van der Waals surface area contributed by atoms with Crippen LogP contribution in [0.5, 0.6) is 0 Å². The molecule has 1 fully saturated rings. The predicted molar refractivity (Wildman–Crippen MR) is 127 cm³/mol. The third-order valence-corrected chi connectivity index (χ3v) is 6.36. The molecule has 4 aromatic rings. The molecule has 2 aliphatic heterocycles. The van der Waals surface area contributed by atoms with Crippen molar-refractivity contribution in [3.8, 4) is 16.9 Å². The van der Waals surface area contributed by atoms with Crippen LogP contribution in [0.3, 0.4) is 0 Å². The van der Waals surface area contributed by atoms with Gasteiger partial charge in [-0.2, -0.15) is 0 Å². The van der Waals surface area contributed by atoms with E-state index >= 15 is 0 Å². The lowest BCUT2D eigenvalue weighted by Crippen LogP contribution is -2.52. The molecule has 2 aromatic heterocycles. The lowest BCUT2D eigenvalue weighted by Gasteiger charge is -2.29. The number of hydrogen-bond acceptors (Lipinski definition) is 8. The summed E-state index contributed by atoms with van der Waals surface area (Å²) in [7, 11) is 0. The van der Waals surface area contributed by atoms with E-state index in [9.17, 15) is 19.2 Å². The molecule has 12 heteroatoms. The lowest BCUT2D eigenvalue weighted by molar-refractivity contribution is -0.136. The van der Waals surface area contributed by atoms with E-state index in [2.05, 4.69) is 26.1 Å². The normalized spacial score (nSPS) is 17.0. The number of imide groups is 1. The van der Waals surface area contributed by atoms with Crippen molar-refractivity contribution >= 4 is 29.3 Å². The van der Waals surface area contributed by atoms with Gasteiger partial charge in [0.15, 0.2) is 5.69 Å². The topological polar surface area (TPSA) is 152 Å². The molecule has 0 aliphatic carbocycles. The summed E-state index contributed by atoms with van der Waals surface area (Å²) in [6.07, 6.45) is 3.29. The average Bonchev–Trinajstić information content (AvgIpc) is 3.64. The molecular formula is C25H19N7O5. The number of benzene rings is 2. The highest BCUT2D eigenvalue weighted by Gasteiger charge is 2.39. The lowest BCUT2D eigenvalue weighted by atomic mass is 10.0. The molecule has 2 N–H and O–H groups in total. The summed E-state index contributed by atoms with van der Waals surface area (Å²) in [4.78, 5) is 50.9. The molecule has 0 saturated carbocycles. The Morgan fingerprint density at radius 3 is 2.76 bits per heavy atom. The first-order chi connectivity index (χ1) is 18.0. The van der Waals surface area contributed by atoms with Gasteiger partial charge in [0.05, 0.1) is 11.9 Å². The molecule has 4 amide bonds. The number of anilines is 1. The zero-order valence-corrected chi connectivity index (χ0v) is 19.2. The van der Waals surface area contributed by atoms with E-state index < -0.39 is 17.9 Å². The van der Waals surface area contributed by atoms with Gasteiger partial charge in [0.2, 0.25) is 11.8 Å². The van der Waals surface area contributed by atoms with Crippen molar-refractivity contribution < 1.29 is 23.7 Å². The summed E-state index contributed by atoms with van der Waals surface area (Å²) in [6.45, 7) is 0.228. The van der Waals surface area contributed by atoms with Crippen molar-refractivity contribution in [2.75, 3.05) is 5.32 Å². The van der Waals surface area contributed by atoms with Gasteiger partial charge >= 0.3 is 0 Å². The van der Waals surface area contributed by atoms with Crippen molar-refractivity contribution in [1.82, 2.24) is 30.4 Å². The van der Waals surface area contributed by atoms with E-state index in [1.807, 2.05) is 30.3 Å². The average molecular weight is 497 g/mol. The maximum Gasteiger partial charge on any atom is 0.278 e.